The Hall–Kier alpha value is -0.890. The van der Waals surface area contributed by atoms with Gasteiger partial charge in [-0.1, -0.05) is 0 Å². The standard InChI is InChI=1S/C11H22O7/c12-5-9(6-13)1-3-17-11(16)18-4-2-10(7-14)8-15/h9-10,12-15H,1-8H2. The van der Waals surface area contributed by atoms with Crippen LogP contribution in [-0.4, -0.2) is 66.2 Å². The smallest absolute Gasteiger partial charge is 0.434 e. The maximum atomic E-state index is 11.1. The number of carbonyl (C=O) groups is 1. The van der Waals surface area contributed by atoms with E-state index in [4.69, 9.17) is 29.9 Å². The average Bonchev–Trinajstić information content (AvgIpc) is 2.40. The van der Waals surface area contributed by atoms with Crippen molar-refractivity contribution in [3.63, 3.8) is 0 Å². The molecule has 0 aliphatic heterocycles. The molecular weight excluding hydrogens is 244 g/mol. The Balaban J connectivity index is 3.54. The highest BCUT2D eigenvalue weighted by atomic mass is 16.7. The first-order chi connectivity index (χ1) is 8.67. The predicted octanol–water partition coefficient (Wildman–Crippen LogP) is -0.879. The first kappa shape index (κ1) is 17.1. The zero-order valence-corrected chi connectivity index (χ0v) is 10.3. The Labute approximate surface area is 106 Å². The van der Waals surface area contributed by atoms with E-state index < -0.39 is 6.16 Å². The molecule has 108 valence electrons. The lowest BCUT2D eigenvalue weighted by Crippen LogP contribution is -2.18. The third kappa shape index (κ3) is 8.24. The summed E-state index contributed by atoms with van der Waals surface area (Å²) < 4.78 is 9.43. The van der Waals surface area contributed by atoms with Gasteiger partial charge in [0.2, 0.25) is 0 Å². The summed E-state index contributed by atoms with van der Waals surface area (Å²) in [5, 5.41) is 35.1. The van der Waals surface area contributed by atoms with Gasteiger partial charge in [0.15, 0.2) is 0 Å². The molecule has 4 N–H and O–H groups in total. The molecule has 0 bridgehead atoms. The van der Waals surface area contributed by atoms with Gasteiger partial charge in [0.25, 0.3) is 0 Å². The molecule has 0 atom stereocenters. The van der Waals surface area contributed by atoms with Crippen molar-refractivity contribution in [2.45, 2.75) is 12.8 Å². The molecule has 0 aromatic carbocycles. The quantitative estimate of drug-likeness (QED) is 0.379. The van der Waals surface area contributed by atoms with E-state index in [9.17, 15) is 4.79 Å². The van der Waals surface area contributed by atoms with Crippen LogP contribution < -0.4 is 0 Å². The number of carbonyl (C=O) groups excluding carboxylic acids is 1. The van der Waals surface area contributed by atoms with Gasteiger partial charge < -0.3 is 29.9 Å². The van der Waals surface area contributed by atoms with Crippen molar-refractivity contribution < 1.29 is 34.7 Å². The van der Waals surface area contributed by atoms with Crippen LogP contribution in [0, 0.1) is 11.8 Å². The third-order valence-electron chi connectivity index (χ3n) is 2.52. The molecule has 0 aromatic heterocycles. The molecule has 0 heterocycles. The van der Waals surface area contributed by atoms with Crippen molar-refractivity contribution in [3.05, 3.63) is 0 Å². The van der Waals surface area contributed by atoms with E-state index in [2.05, 4.69) is 0 Å². The fourth-order valence-corrected chi connectivity index (χ4v) is 1.14. The number of aliphatic hydroxyl groups excluding tert-OH is 4. The average molecular weight is 266 g/mol. The van der Waals surface area contributed by atoms with E-state index in [1.165, 1.54) is 0 Å². The van der Waals surface area contributed by atoms with E-state index in [0.717, 1.165) is 0 Å². The van der Waals surface area contributed by atoms with Gasteiger partial charge >= 0.3 is 6.16 Å². The summed E-state index contributed by atoms with van der Waals surface area (Å²) in [6.07, 6.45) is -0.116. The summed E-state index contributed by atoms with van der Waals surface area (Å²) in [6.45, 7) is -0.525. The molecular formula is C11H22O7. The summed E-state index contributed by atoms with van der Waals surface area (Å²) in [4.78, 5) is 11.1. The molecule has 0 saturated heterocycles. The molecule has 0 aliphatic rings. The highest BCUT2D eigenvalue weighted by Crippen LogP contribution is 2.03. The van der Waals surface area contributed by atoms with Gasteiger partial charge in [-0.25, -0.2) is 4.79 Å². The van der Waals surface area contributed by atoms with Crippen LogP contribution in [0.25, 0.3) is 0 Å². The third-order valence-corrected chi connectivity index (χ3v) is 2.52. The maximum absolute atomic E-state index is 11.1. The number of hydrogen-bond donors (Lipinski definition) is 4. The van der Waals surface area contributed by atoms with E-state index in [1.54, 1.807) is 0 Å². The second kappa shape index (κ2) is 11.2. The summed E-state index contributed by atoms with van der Waals surface area (Å²) in [5.74, 6) is -0.600. The van der Waals surface area contributed by atoms with Crippen LogP contribution in [0.3, 0.4) is 0 Å². The second-order valence-corrected chi connectivity index (χ2v) is 3.99. The lowest BCUT2D eigenvalue weighted by Gasteiger charge is -2.12. The van der Waals surface area contributed by atoms with Gasteiger partial charge in [0.05, 0.1) is 13.2 Å². The minimum atomic E-state index is -0.834. The van der Waals surface area contributed by atoms with Gasteiger partial charge in [0.1, 0.15) is 0 Å². The molecule has 0 radical (unpaired) electrons. The molecule has 7 heteroatoms. The SMILES string of the molecule is O=C(OCCC(CO)CO)OCCC(CO)CO. The van der Waals surface area contributed by atoms with E-state index in [1.807, 2.05) is 0 Å². The highest BCUT2D eigenvalue weighted by Gasteiger charge is 2.10. The Morgan fingerprint density at radius 2 is 1.11 bits per heavy atom. The normalized spacial score (nSPS) is 11.0. The van der Waals surface area contributed by atoms with Gasteiger partial charge in [-0.3, -0.25) is 0 Å². The van der Waals surface area contributed by atoms with Crippen LogP contribution in [0.2, 0.25) is 0 Å². The van der Waals surface area contributed by atoms with Crippen LogP contribution in [0.4, 0.5) is 4.79 Å². The Morgan fingerprint density at radius 3 is 1.39 bits per heavy atom. The van der Waals surface area contributed by atoms with Crippen LogP contribution in [-0.2, 0) is 9.47 Å². The minimum Gasteiger partial charge on any atom is -0.434 e. The van der Waals surface area contributed by atoms with E-state index in [0.29, 0.717) is 12.8 Å². The molecule has 0 aromatic rings. The lowest BCUT2D eigenvalue weighted by atomic mass is 10.1. The molecule has 0 amide bonds. The monoisotopic (exact) mass is 266 g/mol. The molecule has 0 aliphatic carbocycles. The molecule has 18 heavy (non-hydrogen) atoms. The first-order valence-corrected chi connectivity index (χ1v) is 5.90. The van der Waals surface area contributed by atoms with Crippen LogP contribution in [0.15, 0.2) is 0 Å². The first-order valence-electron chi connectivity index (χ1n) is 5.90. The van der Waals surface area contributed by atoms with Gasteiger partial charge in [-0.15, -0.1) is 0 Å². The maximum Gasteiger partial charge on any atom is 0.508 e. The summed E-state index contributed by atoms with van der Waals surface area (Å²) in [6, 6.07) is 0. The van der Waals surface area contributed by atoms with Crippen LogP contribution in [0.1, 0.15) is 12.8 Å². The van der Waals surface area contributed by atoms with Crippen LogP contribution >= 0.6 is 0 Å². The topological polar surface area (TPSA) is 116 Å². The molecule has 0 fully saturated rings. The van der Waals surface area contributed by atoms with Gasteiger partial charge in [-0.2, -0.15) is 0 Å². The molecule has 0 unspecified atom stereocenters. The van der Waals surface area contributed by atoms with Crippen LogP contribution in [0.5, 0.6) is 0 Å². The fraction of sp³-hybridized carbons (Fsp3) is 0.909. The molecule has 7 nitrogen and oxygen atoms in total. The zero-order valence-electron chi connectivity index (χ0n) is 10.3. The number of rotatable bonds is 10. The van der Waals surface area contributed by atoms with Crippen molar-refractivity contribution in [1.82, 2.24) is 0 Å². The number of ether oxygens (including phenoxy) is 2. The van der Waals surface area contributed by atoms with Crippen molar-refractivity contribution >= 4 is 6.16 Å². The number of aliphatic hydroxyl groups is 4. The summed E-state index contributed by atoms with van der Waals surface area (Å²) >= 11 is 0. The Kier molecular flexibility index (Phi) is 10.7. The summed E-state index contributed by atoms with van der Waals surface area (Å²) in [7, 11) is 0. The summed E-state index contributed by atoms with van der Waals surface area (Å²) in [5.41, 5.74) is 0. The van der Waals surface area contributed by atoms with Crippen molar-refractivity contribution in [1.29, 1.82) is 0 Å². The second-order valence-electron chi connectivity index (χ2n) is 3.99. The van der Waals surface area contributed by atoms with E-state index >= 15 is 0 Å². The van der Waals surface area contributed by atoms with Crippen molar-refractivity contribution in [3.8, 4) is 0 Å². The fourth-order valence-electron chi connectivity index (χ4n) is 1.14. The number of hydrogen-bond acceptors (Lipinski definition) is 7. The molecule has 0 saturated carbocycles. The van der Waals surface area contributed by atoms with Crippen molar-refractivity contribution in [2.24, 2.45) is 11.8 Å². The zero-order chi connectivity index (χ0) is 13.8. The molecule has 0 spiro atoms. The molecule has 0 rings (SSSR count). The lowest BCUT2D eigenvalue weighted by molar-refractivity contribution is 0.0356. The Bertz CT molecular complexity index is 182. The van der Waals surface area contributed by atoms with Crippen molar-refractivity contribution in [2.75, 3.05) is 39.6 Å². The predicted molar refractivity (Wildman–Crippen MR) is 61.9 cm³/mol. The van der Waals surface area contributed by atoms with E-state index in [-0.39, 0.29) is 51.5 Å². The largest absolute Gasteiger partial charge is 0.508 e. The van der Waals surface area contributed by atoms with Gasteiger partial charge in [-0.05, 0) is 12.8 Å². The van der Waals surface area contributed by atoms with Gasteiger partial charge in [0, 0.05) is 38.3 Å². The minimum absolute atomic E-state index is 0.0635. The highest BCUT2D eigenvalue weighted by molar-refractivity contribution is 5.59. The Morgan fingerprint density at radius 1 is 0.778 bits per heavy atom.